The third kappa shape index (κ3) is 5.53. The number of hydrogen-bond donors (Lipinski definition) is 1. The Bertz CT molecular complexity index is 1050. The summed E-state index contributed by atoms with van der Waals surface area (Å²) in [7, 11) is 0. The van der Waals surface area contributed by atoms with E-state index in [2.05, 4.69) is 10.3 Å². The molecule has 166 valence electrons. The Morgan fingerprint density at radius 1 is 1.19 bits per heavy atom. The van der Waals surface area contributed by atoms with Gasteiger partial charge < -0.3 is 15.0 Å². The molecule has 2 aromatic carbocycles. The van der Waals surface area contributed by atoms with Gasteiger partial charge in [-0.25, -0.2) is 4.98 Å². The van der Waals surface area contributed by atoms with E-state index < -0.39 is 0 Å². The lowest BCUT2D eigenvalue weighted by molar-refractivity contribution is -0.129. The number of nitrogens with one attached hydrogen (secondary N) is 1. The highest BCUT2D eigenvalue weighted by atomic mass is 32.1. The summed E-state index contributed by atoms with van der Waals surface area (Å²) in [5, 5.41) is 5.91. The van der Waals surface area contributed by atoms with Crippen molar-refractivity contribution in [2.75, 3.05) is 19.7 Å². The highest BCUT2D eigenvalue weighted by Gasteiger charge is 2.25. The summed E-state index contributed by atoms with van der Waals surface area (Å²) in [6, 6.07) is 17.4. The molecule has 32 heavy (non-hydrogen) atoms. The molecule has 0 bridgehead atoms. The molecule has 0 saturated carbocycles. The minimum absolute atomic E-state index is 0.103. The van der Waals surface area contributed by atoms with E-state index in [-0.39, 0.29) is 24.3 Å². The molecule has 2 amide bonds. The summed E-state index contributed by atoms with van der Waals surface area (Å²) in [5.74, 6) is 0.879. The van der Waals surface area contributed by atoms with E-state index in [0.717, 1.165) is 40.5 Å². The number of carbonyl (C=O) groups excluding carboxylic acids is 2. The van der Waals surface area contributed by atoms with E-state index >= 15 is 0 Å². The van der Waals surface area contributed by atoms with Crippen LogP contribution in [0.1, 0.15) is 37.1 Å². The predicted molar refractivity (Wildman–Crippen MR) is 126 cm³/mol. The van der Waals surface area contributed by atoms with Crippen molar-refractivity contribution in [2.24, 2.45) is 0 Å². The summed E-state index contributed by atoms with van der Waals surface area (Å²) < 4.78 is 5.49. The zero-order chi connectivity index (χ0) is 22.3. The Morgan fingerprint density at radius 3 is 2.66 bits per heavy atom. The molecule has 7 heteroatoms. The highest BCUT2D eigenvalue weighted by Crippen LogP contribution is 2.26. The van der Waals surface area contributed by atoms with Crippen molar-refractivity contribution >= 4 is 23.2 Å². The highest BCUT2D eigenvalue weighted by molar-refractivity contribution is 7.13. The number of carbonyl (C=O) groups is 2. The molecule has 0 radical (unpaired) electrons. The van der Waals surface area contributed by atoms with Gasteiger partial charge in [-0.3, -0.25) is 9.59 Å². The molecule has 1 N–H and O–H groups in total. The van der Waals surface area contributed by atoms with Gasteiger partial charge in [-0.2, -0.15) is 0 Å². The van der Waals surface area contributed by atoms with E-state index in [4.69, 9.17) is 4.74 Å². The van der Waals surface area contributed by atoms with Crippen LogP contribution in [-0.4, -0.2) is 41.4 Å². The molecule has 1 aliphatic heterocycles. The van der Waals surface area contributed by atoms with Crippen LogP contribution in [0, 0.1) is 0 Å². The van der Waals surface area contributed by atoms with E-state index in [9.17, 15) is 9.59 Å². The fourth-order valence-corrected chi connectivity index (χ4v) is 4.65. The van der Waals surface area contributed by atoms with E-state index in [1.54, 1.807) is 0 Å². The Morgan fingerprint density at radius 2 is 1.97 bits per heavy atom. The molecule has 0 aliphatic carbocycles. The van der Waals surface area contributed by atoms with Crippen LogP contribution in [0.5, 0.6) is 5.75 Å². The number of ether oxygens (including phenoxy) is 1. The lowest BCUT2D eigenvalue weighted by Crippen LogP contribution is -2.39. The fraction of sp³-hybridized carbons (Fsp3) is 0.320. The maximum atomic E-state index is 12.8. The second-order valence-corrected chi connectivity index (χ2v) is 8.61. The monoisotopic (exact) mass is 449 g/mol. The van der Waals surface area contributed by atoms with Crippen molar-refractivity contribution < 1.29 is 14.3 Å². The van der Waals surface area contributed by atoms with Crippen molar-refractivity contribution in [1.82, 2.24) is 15.2 Å². The number of aromatic nitrogens is 1. The van der Waals surface area contributed by atoms with E-state index in [0.29, 0.717) is 19.6 Å². The number of benzene rings is 2. The van der Waals surface area contributed by atoms with Crippen molar-refractivity contribution in [2.45, 2.75) is 32.2 Å². The largest absolute Gasteiger partial charge is 0.494 e. The van der Waals surface area contributed by atoms with Gasteiger partial charge in [0.25, 0.3) is 0 Å². The first-order valence-electron chi connectivity index (χ1n) is 10.9. The second-order valence-electron chi connectivity index (χ2n) is 7.75. The number of amides is 2. The van der Waals surface area contributed by atoms with Gasteiger partial charge in [-0.1, -0.05) is 30.3 Å². The maximum absolute atomic E-state index is 12.8. The van der Waals surface area contributed by atoms with Crippen LogP contribution in [0.2, 0.25) is 0 Å². The molecular weight excluding hydrogens is 422 g/mol. The minimum Gasteiger partial charge on any atom is -0.494 e. The van der Waals surface area contributed by atoms with Gasteiger partial charge in [0.05, 0.1) is 24.8 Å². The van der Waals surface area contributed by atoms with Crippen LogP contribution >= 0.6 is 11.3 Å². The average molecular weight is 450 g/mol. The molecule has 4 rings (SSSR count). The number of nitrogens with zero attached hydrogens (tertiary/aromatic N) is 2. The van der Waals surface area contributed by atoms with Crippen LogP contribution in [0.3, 0.4) is 0 Å². The molecule has 3 aromatic rings. The van der Waals surface area contributed by atoms with Crippen molar-refractivity contribution in [3.63, 3.8) is 0 Å². The summed E-state index contributed by atoms with van der Waals surface area (Å²) in [6.45, 7) is 3.82. The third-order valence-electron chi connectivity index (χ3n) is 5.42. The van der Waals surface area contributed by atoms with Crippen LogP contribution in [0.4, 0.5) is 0 Å². The Balaban J connectivity index is 1.41. The van der Waals surface area contributed by atoms with Crippen LogP contribution in [0.25, 0.3) is 10.6 Å². The molecule has 1 unspecified atom stereocenters. The van der Waals surface area contributed by atoms with E-state index in [1.165, 1.54) is 11.3 Å². The smallest absolute Gasteiger partial charge is 0.226 e. The third-order valence-corrected chi connectivity index (χ3v) is 6.36. The lowest BCUT2D eigenvalue weighted by atomic mass is 10.1. The van der Waals surface area contributed by atoms with Gasteiger partial charge >= 0.3 is 0 Å². The van der Waals surface area contributed by atoms with Gasteiger partial charge in [0.15, 0.2) is 0 Å². The molecule has 1 saturated heterocycles. The van der Waals surface area contributed by atoms with Gasteiger partial charge in [0.2, 0.25) is 11.8 Å². The molecule has 1 atom stereocenters. The van der Waals surface area contributed by atoms with Crippen molar-refractivity contribution in [1.29, 1.82) is 0 Å². The SMILES string of the molecule is CCOc1ccc(-c2nc(CC(=O)NC(CN3CCCC3=O)c3ccccc3)cs2)cc1. The zero-order valence-electron chi connectivity index (χ0n) is 18.1. The Hall–Kier alpha value is -3.19. The quantitative estimate of drug-likeness (QED) is 0.531. The molecule has 6 nitrogen and oxygen atoms in total. The van der Waals surface area contributed by atoms with Crippen molar-refractivity contribution in [3.8, 4) is 16.3 Å². The lowest BCUT2D eigenvalue weighted by Gasteiger charge is -2.25. The summed E-state index contributed by atoms with van der Waals surface area (Å²) in [6.07, 6.45) is 1.66. The van der Waals surface area contributed by atoms with Crippen LogP contribution < -0.4 is 10.1 Å². The van der Waals surface area contributed by atoms with Crippen LogP contribution in [-0.2, 0) is 16.0 Å². The Labute approximate surface area is 192 Å². The second kappa shape index (κ2) is 10.4. The molecular formula is C25H27N3O3S. The Kier molecular flexibility index (Phi) is 7.17. The number of likely N-dealkylation sites (tertiary alicyclic amines) is 1. The normalized spacial score (nSPS) is 14.4. The molecule has 1 aliphatic rings. The summed E-state index contributed by atoms with van der Waals surface area (Å²) in [4.78, 5) is 31.4. The standard InChI is InChI=1S/C25H27N3O3S/c1-2-31-21-12-10-19(11-13-21)25-26-20(17-32-25)15-23(29)27-22(18-7-4-3-5-8-18)16-28-14-6-9-24(28)30/h3-5,7-8,10-13,17,22H,2,6,9,14-16H2,1H3,(H,27,29). The minimum atomic E-state index is -0.241. The van der Waals surface area contributed by atoms with Gasteiger partial charge in [-0.15, -0.1) is 11.3 Å². The number of rotatable bonds is 9. The first-order valence-corrected chi connectivity index (χ1v) is 11.8. The van der Waals surface area contributed by atoms with Crippen molar-refractivity contribution in [3.05, 3.63) is 71.2 Å². The molecule has 0 spiro atoms. The number of thiazole rings is 1. The topological polar surface area (TPSA) is 71.5 Å². The van der Waals surface area contributed by atoms with Gasteiger partial charge in [0.1, 0.15) is 10.8 Å². The molecule has 1 fully saturated rings. The maximum Gasteiger partial charge on any atom is 0.226 e. The predicted octanol–water partition coefficient (Wildman–Crippen LogP) is 4.23. The first kappa shape index (κ1) is 22.0. The molecule has 1 aromatic heterocycles. The van der Waals surface area contributed by atoms with Gasteiger partial charge in [-0.05, 0) is 43.2 Å². The number of hydrogen-bond acceptors (Lipinski definition) is 5. The summed E-state index contributed by atoms with van der Waals surface area (Å²) >= 11 is 1.52. The van der Waals surface area contributed by atoms with Crippen LogP contribution in [0.15, 0.2) is 60.0 Å². The first-order chi connectivity index (χ1) is 15.6. The average Bonchev–Trinajstić information content (AvgIpc) is 3.43. The van der Waals surface area contributed by atoms with Gasteiger partial charge in [0, 0.05) is 30.5 Å². The molecule has 2 heterocycles. The zero-order valence-corrected chi connectivity index (χ0v) is 18.9. The summed E-state index contributed by atoms with van der Waals surface area (Å²) in [5.41, 5.74) is 2.73. The van der Waals surface area contributed by atoms with E-state index in [1.807, 2.05) is 71.8 Å². The fourth-order valence-electron chi connectivity index (χ4n) is 3.83.